The lowest BCUT2D eigenvalue weighted by atomic mass is 9.92. The molecule has 1 unspecified atom stereocenters. The Kier molecular flexibility index (Phi) is 3.98. The van der Waals surface area contributed by atoms with Crippen LogP contribution >= 0.6 is 15.9 Å². The molecule has 1 heterocycles. The van der Waals surface area contributed by atoms with Crippen LogP contribution in [0.3, 0.4) is 0 Å². The Morgan fingerprint density at radius 3 is 2.80 bits per heavy atom. The Hall–Kier alpha value is -1.07. The normalized spacial score (nSPS) is 28.6. The molecular formula is C15H18BrNO3. The number of hydrogen-bond donors (Lipinski definition) is 2. The van der Waals surface area contributed by atoms with E-state index < -0.39 is 0 Å². The van der Waals surface area contributed by atoms with Gasteiger partial charge in [-0.3, -0.25) is 4.79 Å². The van der Waals surface area contributed by atoms with Crippen LogP contribution < -0.4 is 10.1 Å². The van der Waals surface area contributed by atoms with Gasteiger partial charge in [0, 0.05) is 16.1 Å². The van der Waals surface area contributed by atoms with Gasteiger partial charge in [0.25, 0.3) is 0 Å². The summed E-state index contributed by atoms with van der Waals surface area (Å²) in [6, 6.07) is 5.95. The highest BCUT2D eigenvalue weighted by atomic mass is 79.9. The molecule has 1 aliphatic carbocycles. The molecule has 0 radical (unpaired) electrons. The molecule has 1 fully saturated rings. The van der Waals surface area contributed by atoms with E-state index in [-0.39, 0.29) is 24.0 Å². The third-order valence-electron chi connectivity index (χ3n) is 4.11. The van der Waals surface area contributed by atoms with E-state index in [0.717, 1.165) is 41.5 Å². The second kappa shape index (κ2) is 5.74. The maximum atomic E-state index is 12.4. The van der Waals surface area contributed by atoms with Crippen LogP contribution in [-0.4, -0.2) is 29.8 Å². The largest absolute Gasteiger partial charge is 0.492 e. The first-order valence-electron chi connectivity index (χ1n) is 7.04. The van der Waals surface area contributed by atoms with Gasteiger partial charge in [-0.25, -0.2) is 0 Å². The van der Waals surface area contributed by atoms with Crippen molar-refractivity contribution in [1.29, 1.82) is 0 Å². The van der Waals surface area contributed by atoms with Gasteiger partial charge in [0.2, 0.25) is 5.91 Å². The van der Waals surface area contributed by atoms with Crippen molar-refractivity contribution >= 4 is 21.8 Å². The number of aliphatic hydroxyl groups excluding tert-OH is 1. The van der Waals surface area contributed by atoms with E-state index in [1.807, 2.05) is 18.2 Å². The number of carbonyl (C=O) groups excluding carboxylic acids is 1. The third kappa shape index (κ3) is 2.83. The Balaban J connectivity index is 1.66. The molecule has 3 rings (SSSR count). The molecule has 1 amide bonds. The predicted octanol–water partition coefficient (Wildman–Crippen LogP) is 2.34. The van der Waals surface area contributed by atoms with E-state index in [4.69, 9.17) is 4.74 Å². The Labute approximate surface area is 126 Å². The number of nitrogens with one attached hydrogen (secondary N) is 1. The van der Waals surface area contributed by atoms with Crippen LogP contribution in [0.25, 0.3) is 0 Å². The number of aliphatic hydroxyl groups is 1. The van der Waals surface area contributed by atoms with Crippen LogP contribution in [0.4, 0.5) is 0 Å². The topological polar surface area (TPSA) is 58.6 Å². The first kappa shape index (κ1) is 13.9. The average Bonchev–Trinajstić information content (AvgIpc) is 2.84. The van der Waals surface area contributed by atoms with Gasteiger partial charge < -0.3 is 15.2 Å². The number of halogens is 1. The number of carbonyl (C=O) groups is 1. The van der Waals surface area contributed by atoms with Crippen molar-refractivity contribution in [2.45, 2.75) is 43.7 Å². The fraction of sp³-hybridized carbons (Fsp3) is 0.533. The predicted molar refractivity (Wildman–Crippen MR) is 78.8 cm³/mol. The van der Waals surface area contributed by atoms with Crippen LogP contribution in [0.1, 0.15) is 37.2 Å². The minimum Gasteiger partial charge on any atom is -0.492 e. The first-order valence-corrected chi connectivity index (χ1v) is 7.83. The molecule has 5 heteroatoms. The van der Waals surface area contributed by atoms with Crippen molar-refractivity contribution in [2.75, 3.05) is 6.61 Å². The van der Waals surface area contributed by atoms with E-state index in [1.54, 1.807) is 0 Å². The van der Waals surface area contributed by atoms with Crippen LogP contribution in [0, 0.1) is 0 Å². The smallest absolute Gasteiger partial charge is 0.231 e. The molecule has 2 aliphatic rings. The zero-order valence-electron chi connectivity index (χ0n) is 11.1. The van der Waals surface area contributed by atoms with Crippen LogP contribution in [0.2, 0.25) is 0 Å². The quantitative estimate of drug-likeness (QED) is 0.869. The Morgan fingerprint density at radius 2 is 2.05 bits per heavy atom. The number of fused-ring (bicyclic) bond motifs is 1. The van der Waals surface area contributed by atoms with Gasteiger partial charge in [-0.15, -0.1) is 0 Å². The SMILES string of the molecule is O=C(NC1CCC(O)CC1)C1COc2ccc(Br)cc21. The zero-order valence-corrected chi connectivity index (χ0v) is 12.7. The lowest BCUT2D eigenvalue weighted by Gasteiger charge is -2.27. The van der Waals surface area contributed by atoms with Crippen LogP contribution in [0.15, 0.2) is 22.7 Å². The van der Waals surface area contributed by atoms with Crippen molar-refractivity contribution in [3.63, 3.8) is 0 Å². The fourth-order valence-corrected chi connectivity index (χ4v) is 3.30. The molecule has 0 aromatic heterocycles. The lowest BCUT2D eigenvalue weighted by molar-refractivity contribution is -0.123. The molecule has 108 valence electrons. The summed E-state index contributed by atoms with van der Waals surface area (Å²) in [7, 11) is 0. The zero-order chi connectivity index (χ0) is 14.1. The van der Waals surface area contributed by atoms with Gasteiger partial charge in [0.15, 0.2) is 0 Å². The van der Waals surface area contributed by atoms with E-state index in [9.17, 15) is 9.90 Å². The summed E-state index contributed by atoms with van der Waals surface area (Å²) in [6.45, 7) is 0.410. The van der Waals surface area contributed by atoms with Gasteiger partial charge in [0.1, 0.15) is 18.3 Å². The van der Waals surface area contributed by atoms with Crippen LogP contribution in [-0.2, 0) is 4.79 Å². The number of amides is 1. The molecule has 1 saturated carbocycles. The van der Waals surface area contributed by atoms with Gasteiger partial charge in [-0.05, 0) is 43.9 Å². The highest BCUT2D eigenvalue weighted by molar-refractivity contribution is 9.10. The summed E-state index contributed by atoms with van der Waals surface area (Å²) in [5.74, 6) is 0.602. The number of ether oxygens (including phenoxy) is 1. The van der Waals surface area contributed by atoms with Gasteiger partial charge in [-0.1, -0.05) is 15.9 Å². The summed E-state index contributed by atoms with van der Waals surface area (Å²) < 4.78 is 6.53. The second-order valence-electron chi connectivity index (χ2n) is 5.56. The number of rotatable bonds is 2. The summed E-state index contributed by atoms with van der Waals surface area (Å²) >= 11 is 3.43. The van der Waals surface area contributed by atoms with Crippen molar-refractivity contribution in [3.05, 3.63) is 28.2 Å². The highest BCUT2D eigenvalue weighted by Crippen LogP contribution is 2.36. The van der Waals surface area contributed by atoms with Gasteiger partial charge in [0.05, 0.1) is 6.10 Å². The molecule has 0 bridgehead atoms. The summed E-state index contributed by atoms with van der Waals surface area (Å²) in [4.78, 5) is 12.4. The lowest BCUT2D eigenvalue weighted by Crippen LogP contribution is -2.41. The van der Waals surface area contributed by atoms with Gasteiger partial charge in [-0.2, -0.15) is 0 Å². The standard InChI is InChI=1S/C15H18BrNO3/c16-9-1-6-14-12(7-9)13(8-20-14)15(19)17-10-2-4-11(18)5-3-10/h1,6-7,10-11,13,18H,2-5,8H2,(H,17,19). The minimum atomic E-state index is -0.227. The van der Waals surface area contributed by atoms with Crippen molar-refractivity contribution < 1.29 is 14.6 Å². The fourth-order valence-electron chi connectivity index (χ4n) is 2.92. The van der Waals surface area contributed by atoms with Crippen LogP contribution in [0.5, 0.6) is 5.75 Å². The molecule has 1 aromatic rings. The Morgan fingerprint density at radius 1 is 1.30 bits per heavy atom. The molecule has 4 nitrogen and oxygen atoms in total. The number of benzene rings is 1. The molecule has 20 heavy (non-hydrogen) atoms. The minimum absolute atomic E-state index is 0.0308. The van der Waals surface area contributed by atoms with E-state index >= 15 is 0 Å². The maximum Gasteiger partial charge on any atom is 0.231 e. The van der Waals surface area contributed by atoms with Crippen molar-refractivity contribution in [3.8, 4) is 5.75 Å². The molecular weight excluding hydrogens is 322 g/mol. The van der Waals surface area contributed by atoms with Crippen molar-refractivity contribution in [1.82, 2.24) is 5.32 Å². The van der Waals surface area contributed by atoms with Gasteiger partial charge >= 0.3 is 0 Å². The monoisotopic (exact) mass is 339 g/mol. The maximum absolute atomic E-state index is 12.4. The van der Waals surface area contributed by atoms with Crippen molar-refractivity contribution in [2.24, 2.45) is 0 Å². The highest BCUT2D eigenvalue weighted by Gasteiger charge is 2.32. The first-order chi connectivity index (χ1) is 9.63. The van der Waals surface area contributed by atoms with E-state index in [0.29, 0.717) is 6.61 Å². The Bertz CT molecular complexity index is 512. The van der Waals surface area contributed by atoms with E-state index in [1.165, 1.54) is 0 Å². The molecule has 0 spiro atoms. The molecule has 2 N–H and O–H groups in total. The number of hydrogen-bond acceptors (Lipinski definition) is 3. The molecule has 1 aliphatic heterocycles. The summed E-state index contributed by atoms with van der Waals surface area (Å²) in [5.41, 5.74) is 0.952. The summed E-state index contributed by atoms with van der Waals surface area (Å²) in [5, 5.41) is 12.6. The molecule has 0 saturated heterocycles. The second-order valence-corrected chi connectivity index (χ2v) is 6.48. The average molecular weight is 340 g/mol. The van der Waals surface area contributed by atoms with E-state index in [2.05, 4.69) is 21.2 Å². The molecule has 1 aromatic carbocycles. The third-order valence-corrected chi connectivity index (χ3v) is 4.61. The summed E-state index contributed by atoms with van der Waals surface area (Å²) in [6.07, 6.45) is 3.05. The molecule has 1 atom stereocenters.